The molecule has 0 bridgehead atoms. The first kappa shape index (κ1) is 16.2. The molecule has 7 heteroatoms. The molecule has 5 aromatic rings. The fraction of sp³-hybridized carbons (Fsp3) is 0.0476. The van der Waals surface area contributed by atoms with Crippen molar-refractivity contribution in [1.82, 2.24) is 19.6 Å². The topological polar surface area (TPSA) is 78.8 Å². The highest BCUT2D eigenvalue weighted by atomic mass is 16.6. The van der Waals surface area contributed by atoms with Crippen molar-refractivity contribution >= 4 is 27.5 Å². The second-order valence-electron chi connectivity index (χ2n) is 6.52. The van der Waals surface area contributed by atoms with E-state index in [1.807, 2.05) is 70.3 Å². The molecule has 0 amide bonds. The molecule has 2 aromatic heterocycles. The molecule has 0 saturated heterocycles. The molecular formula is C21H15N5O2. The van der Waals surface area contributed by atoms with E-state index in [-0.39, 0.29) is 11.9 Å². The van der Waals surface area contributed by atoms with E-state index in [2.05, 4.69) is 10.2 Å². The highest BCUT2D eigenvalue weighted by Crippen LogP contribution is 2.29. The van der Waals surface area contributed by atoms with E-state index in [1.54, 1.807) is 12.1 Å². The average Bonchev–Trinajstić information content (AvgIpc) is 3.34. The van der Waals surface area contributed by atoms with Crippen molar-refractivity contribution in [3.63, 3.8) is 0 Å². The predicted octanol–water partition coefficient (Wildman–Crippen LogP) is 4.39. The molecule has 3 aromatic carbocycles. The van der Waals surface area contributed by atoms with Gasteiger partial charge in [0.1, 0.15) is 0 Å². The van der Waals surface area contributed by atoms with Gasteiger partial charge in [-0.2, -0.15) is 10.2 Å². The SMILES string of the molecule is O=[N+]([O-])c1ccc(C(n2ncc3ccccc32)n2ncc3ccccc32)cc1. The third-order valence-corrected chi connectivity index (χ3v) is 4.87. The van der Waals surface area contributed by atoms with E-state index in [9.17, 15) is 10.1 Å². The van der Waals surface area contributed by atoms with Crippen LogP contribution in [-0.4, -0.2) is 24.5 Å². The highest BCUT2D eigenvalue weighted by molar-refractivity contribution is 5.80. The Morgan fingerprint density at radius 3 is 1.75 bits per heavy atom. The molecule has 0 saturated carbocycles. The Morgan fingerprint density at radius 1 is 0.750 bits per heavy atom. The zero-order valence-corrected chi connectivity index (χ0v) is 14.7. The van der Waals surface area contributed by atoms with Gasteiger partial charge in [0.25, 0.3) is 5.69 Å². The number of fused-ring (bicyclic) bond motifs is 2. The molecule has 28 heavy (non-hydrogen) atoms. The summed E-state index contributed by atoms with van der Waals surface area (Å²) < 4.78 is 3.80. The largest absolute Gasteiger partial charge is 0.269 e. The summed E-state index contributed by atoms with van der Waals surface area (Å²) in [5.41, 5.74) is 2.84. The van der Waals surface area contributed by atoms with Crippen LogP contribution in [0.25, 0.3) is 21.8 Å². The van der Waals surface area contributed by atoms with Gasteiger partial charge in [-0.25, -0.2) is 9.36 Å². The number of non-ortho nitro benzene ring substituents is 1. The molecule has 5 rings (SSSR count). The molecule has 0 aliphatic heterocycles. The number of para-hydroxylation sites is 2. The Balaban J connectivity index is 1.76. The lowest BCUT2D eigenvalue weighted by molar-refractivity contribution is -0.384. The van der Waals surface area contributed by atoms with Gasteiger partial charge < -0.3 is 0 Å². The number of nitrogens with zero attached hydrogens (tertiary/aromatic N) is 5. The quantitative estimate of drug-likeness (QED) is 0.348. The van der Waals surface area contributed by atoms with Crippen LogP contribution < -0.4 is 0 Å². The number of aromatic nitrogens is 4. The van der Waals surface area contributed by atoms with E-state index < -0.39 is 4.92 Å². The van der Waals surface area contributed by atoms with E-state index in [1.165, 1.54) is 12.1 Å². The summed E-state index contributed by atoms with van der Waals surface area (Å²) >= 11 is 0. The summed E-state index contributed by atoms with van der Waals surface area (Å²) in [6.45, 7) is 0. The zero-order valence-electron chi connectivity index (χ0n) is 14.7. The molecule has 0 N–H and O–H groups in total. The maximum atomic E-state index is 11.1. The number of rotatable bonds is 4. The standard InChI is InChI=1S/C21H15N5O2/c27-26(28)18-11-9-15(10-12-18)21(24-19-7-3-1-5-16(19)13-22-24)25-20-8-4-2-6-17(20)14-23-25/h1-14,21H. The summed E-state index contributed by atoms with van der Waals surface area (Å²) in [6.07, 6.45) is 3.26. The Hall–Kier alpha value is -4.00. The summed E-state index contributed by atoms with van der Waals surface area (Å²) in [7, 11) is 0. The van der Waals surface area contributed by atoms with Crippen molar-refractivity contribution in [2.45, 2.75) is 6.17 Å². The van der Waals surface area contributed by atoms with Crippen LogP contribution >= 0.6 is 0 Å². The Bertz CT molecular complexity index is 1230. The van der Waals surface area contributed by atoms with Crippen molar-refractivity contribution in [2.75, 3.05) is 0 Å². The molecule has 0 aliphatic rings. The van der Waals surface area contributed by atoms with Gasteiger partial charge in [-0.3, -0.25) is 10.1 Å². The van der Waals surface area contributed by atoms with Gasteiger partial charge in [-0.05, 0) is 29.8 Å². The van der Waals surface area contributed by atoms with E-state index >= 15 is 0 Å². The lowest BCUT2D eigenvalue weighted by Crippen LogP contribution is -2.21. The minimum Gasteiger partial charge on any atom is -0.258 e. The van der Waals surface area contributed by atoms with Crippen LogP contribution in [-0.2, 0) is 0 Å². The van der Waals surface area contributed by atoms with Crippen molar-refractivity contribution < 1.29 is 4.92 Å². The van der Waals surface area contributed by atoms with Crippen LogP contribution in [0.5, 0.6) is 0 Å². The Labute approximate surface area is 159 Å². The molecule has 0 unspecified atom stereocenters. The number of benzene rings is 3. The monoisotopic (exact) mass is 369 g/mol. The predicted molar refractivity (Wildman–Crippen MR) is 106 cm³/mol. The zero-order chi connectivity index (χ0) is 19.1. The molecule has 0 spiro atoms. The maximum absolute atomic E-state index is 11.1. The molecule has 0 atom stereocenters. The molecule has 0 fully saturated rings. The van der Waals surface area contributed by atoms with Crippen LogP contribution in [0.2, 0.25) is 0 Å². The number of hydrogen-bond acceptors (Lipinski definition) is 4. The Morgan fingerprint density at radius 2 is 1.25 bits per heavy atom. The summed E-state index contributed by atoms with van der Waals surface area (Å²) in [5, 5.41) is 22.3. The fourth-order valence-corrected chi connectivity index (χ4v) is 3.53. The summed E-state index contributed by atoms with van der Waals surface area (Å²) in [5.74, 6) is 0. The number of nitro benzene ring substituents is 1. The second kappa shape index (κ2) is 6.31. The van der Waals surface area contributed by atoms with Crippen LogP contribution in [0.1, 0.15) is 11.7 Å². The normalized spacial score (nSPS) is 11.5. The van der Waals surface area contributed by atoms with Crippen molar-refractivity contribution in [1.29, 1.82) is 0 Å². The van der Waals surface area contributed by atoms with Gasteiger partial charge in [0.2, 0.25) is 0 Å². The van der Waals surface area contributed by atoms with Crippen LogP contribution in [0.3, 0.4) is 0 Å². The minimum absolute atomic E-state index is 0.0538. The van der Waals surface area contributed by atoms with Crippen molar-refractivity contribution in [3.8, 4) is 0 Å². The van der Waals surface area contributed by atoms with Crippen LogP contribution in [0.4, 0.5) is 5.69 Å². The number of hydrogen-bond donors (Lipinski definition) is 0. The van der Waals surface area contributed by atoms with E-state index in [0.29, 0.717) is 0 Å². The van der Waals surface area contributed by atoms with Gasteiger partial charge in [0.15, 0.2) is 6.17 Å². The Kier molecular flexibility index (Phi) is 3.65. The smallest absolute Gasteiger partial charge is 0.258 e. The maximum Gasteiger partial charge on any atom is 0.269 e. The van der Waals surface area contributed by atoms with E-state index in [4.69, 9.17) is 0 Å². The lowest BCUT2D eigenvalue weighted by atomic mass is 10.1. The summed E-state index contributed by atoms with van der Waals surface area (Å²) in [6, 6.07) is 22.4. The summed E-state index contributed by atoms with van der Waals surface area (Å²) in [4.78, 5) is 10.7. The molecule has 0 radical (unpaired) electrons. The first-order chi connectivity index (χ1) is 13.7. The third kappa shape index (κ3) is 2.52. The van der Waals surface area contributed by atoms with Crippen LogP contribution in [0, 0.1) is 10.1 Å². The minimum atomic E-state index is -0.397. The molecular weight excluding hydrogens is 354 g/mol. The van der Waals surface area contributed by atoms with Gasteiger partial charge in [0.05, 0.1) is 28.4 Å². The molecule has 2 heterocycles. The molecule has 7 nitrogen and oxygen atoms in total. The first-order valence-corrected chi connectivity index (χ1v) is 8.81. The van der Waals surface area contributed by atoms with Gasteiger partial charge in [0, 0.05) is 22.9 Å². The average molecular weight is 369 g/mol. The van der Waals surface area contributed by atoms with E-state index in [0.717, 1.165) is 27.4 Å². The van der Waals surface area contributed by atoms with Crippen molar-refractivity contribution in [3.05, 3.63) is 101 Å². The second-order valence-corrected chi connectivity index (χ2v) is 6.52. The van der Waals surface area contributed by atoms with Crippen molar-refractivity contribution in [2.24, 2.45) is 0 Å². The third-order valence-electron chi connectivity index (χ3n) is 4.87. The number of nitro groups is 1. The van der Waals surface area contributed by atoms with Crippen LogP contribution in [0.15, 0.2) is 85.2 Å². The molecule has 0 aliphatic carbocycles. The first-order valence-electron chi connectivity index (χ1n) is 8.81. The van der Waals surface area contributed by atoms with Gasteiger partial charge >= 0.3 is 0 Å². The lowest BCUT2D eigenvalue weighted by Gasteiger charge is -2.21. The van der Waals surface area contributed by atoms with Gasteiger partial charge in [-0.1, -0.05) is 36.4 Å². The highest BCUT2D eigenvalue weighted by Gasteiger charge is 2.22. The fourth-order valence-electron chi connectivity index (χ4n) is 3.53. The van der Waals surface area contributed by atoms with Gasteiger partial charge in [-0.15, -0.1) is 0 Å². The molecule has 136 valence electrons.